The van der Waals surface area contributed by atoms with Crippen molar-refractivity contribution in [3.63, 3.8) is 0 Å². The van der Waals surface area contributed by atoms with E-state index >= 15 is 0 Å². The minimum atomic E-state index is -4.37. The molecular formula is C38H39Cl2NO4SSi. The zero-order valence-electron chi connectivity index (χ0n) is 26.8. The van der Waals surface area contributed by atoms with Crippen molar-refractivity contribution in [2.45, 2.75) is 55.4 Å². The highest BCUT2D eigenvalue weighted by Crippen LogP contribution is 2.41. The Labute approximate surface area is 289 Å². The normalized spacial score (nSPS) is 14.0. The van der Waals surface area contributed by atoms with E-state index in [1.807, 2.05) is 79.7 Å². The summed E-state index contributed by atoms with van der Waals surface area (Å²) in [4.78, 5) is -0.196. The predicted octanol–water partition coefficient (Wildman–Crippen LogP) is 7.54. The Bertz CT molecular complexity index is 1810. The van der Waals surface area contributed by atoms with Crippen LogP contribution in [-0.4, -0.2) is 34.0 Å². The summed E-state index contributed by atoms with van der Waals surface area (Å²) in [5.41, 5.74) is -0.895. The third-order valence-corrected chi connectivity index (χ3v) is 15.9. The van der Waals surface area contributed by atoms with Crippen molar-refractivity contribution in [1.29, 1.82) is 0 Å². The van der Waals surface area contributed by atoms with Crippen LogP contribution in [0.3, 0.4) is 0 Å². The lowest BCUT2D eigenvalue weighted by atomic mass is 9.78. The number of sulfonamides is 1. The molecule has 0 fully saturated rings. The molecule has 9 heteroatoms. The van der Waals surface area contributed by atoms with Crippen LogP contribution < -0.4 is 15.1 Å². The van der Waals surface area contributed by atoms with Crippen LogP contribution in [0.4, 0.5) is 0 Å². The quantitative estimate of drug-likeness (QED) is 0.139. The van der Waals surface area contributed by atoms with Crippen molar-refractivity contribution >= 4 is 51.9 Å². The van der Waals surface area contributed by atoms with Gasteiger partial charge in [-0.1, -0.05) is 165 Å². The lowest BCUT2D eigenvalue weighted by Crippen LogP contribution is -2.70. The van der Waals surface area contributed by atoms with Crippen LogP contribution >= 0.6 is 23.2 Å². The SMILES string of the molecule is CC(O[Si](c1ccccc1)(c1ccccc1)C(C)(C)C)C(NS(=O)(=O)c1cc(Cl)ccc1Cl)C(O)(c1ccccc1)c1ccccc1. The molecule has 0 bridgehead atoms. The van der Waals surface area contributed by atoms with Crippen LogP contribution in [0.5, 0.6) is 0 Å². The second kappa shape index (κ2) is 14.1. The maximum absolute atomic E-state index is 14.3. The van der Waals surface area contributed by atoms with Crippen LogP contribution in [0.2, 0.25) is 15.1 Å². The summed E-state index contributed by atoms with van der Waals surface area (Å²) in [5, 5.41) is 15.0. The van der Waals surface area contributed by atoms with Gasteiger partial charge in [-0.3, -0.25) is 0 Å². The van der Waals surface area contributed by atoms with Crippen LogP contribution in [-0.2, 0) is 20.1 Å². The van der Waals surface area contributed by atoms with Gasteiger partial charge in [0.15, 0.2) is 0 Å². The van der Waals surface area contributed by atoms with Gasteiger partial charge in [-0.05, 0) is 51.7 Å². The minimum absolute atomic E-state index is 0.00386. The highest BCUT2D eigenvalue weighted by atomic mass is 35.5. The zero-order chi connectivity index (χ0) is 33.9. The number of halogens is 2. The highest BCUT2D eigenvalue weighted by molar-refractivity contribution is 7.89. The van der Waals surface area contributed by atoms with E-state index in [2.05, 4.69) is 49.8 Å². The fourth-order valence-electron chi connectivity index (χ4n) is 6.38. The summed E-state index contributed by atoms with van der Waals surface area (Å²) in [6.07, 6.45) is -0.889. The van der Waals surface area contributed by atoms with Crippen molar-refractivity contribution in [1.82, 2.24) is 4.72 Å². The average Bonchev–Trinajstić information content (AvgIpc) is 3.07. The lowest BCUT2D eigenvalue weighted by Gasteiger charge is -2.48. The van der Waals surface area contributed by atoms with Crippen molar-refractivity contribution < 1.29 is 18.0 Å². The first-order valence-electron chi connectivity index (χ1n) is 15.4. The van der Waals surface area contributed by atoms with Crippen molar-refractivity contribution in [3.8, 4) is 0 Å². The molecule has 0 radical (unpaired) electrons. The highest BCUT2D eigenvalue weighted by Gasteiger charge is 2.54. The van der Waals surface area contributed by atoms with Gasteiger partial charge in [0.05, 0.1) is 17.2 Å². The molecule has 0 aliphatic carbocycles. The Kier molecular flexibility index (Phi) is 10.5. The van der Waals surface area contributed by atoms with E-state index in [1.54, 1.807) is 24.3 Å². The Morgan fingerprint density at radius 2 is 1.13 bits per heavy atom. The van der Waals surface area contributed by atoms with Gasteiger partial charge in [-0.15, -0.1) is 0 Å². The summed E-state index contributed by atoms with van der Waals surface area (Å²) in [5.74, 6) is 0. The number of rotatable bonds is 11. The van der Waals surface area contributed by atoms with Gasteiger partial charge in [0.2, 0.25) is 10.0 Å². The van der Waals surface area contributed by atoms with Gasteiger partial charge in [0.1, 0.15) is 10.5 Å². The van der Waals surface area contributed by atoms with E-state index in [0.29, 0.717) is 11.1 Å². The Morgan fingerprint density at radius 3 is 1.55 bits per heavy atom. The molecule has 0 aliphatic heterocycles. The maximum Gasteiger partial charge on any atom is 0.261 e. The molecule has 0 heterocycles. The molecule has 5 aromatic carbocycles. The number of hydrogen-bond donors (Lipinski definition) is 2. The minimum Gasteiger partial charge on any atom is -0.403 e. The number of aliphatic hydroxyl groups is 1. The largest absolute Gasteiger partial charge is 0.403 e. The van der Waals surface area contributed by atoms with E-state index in [9.17, 15) is 13.5 Å². The molecule has 5 nitrogen and oxygen atoms in total. The van der Waals surface area contributed by atoms with E-state index < -0.39 is 41.1 Å². The molecule has 0 spiro atoms. The Morgan fingerprint density at radius 1 is 0.702 bits per heavy atom. The molecule has 2 unspecified atom stereocenters. The topological polar surface area (TPSA) is 75.6 Å². The van der Waals surface area contributed by atoms with Gasteiger partial charge in [0.25, 0.3) is 8.32 Å². The van der Waals surface area contributed by atoms with Crippen molar-refractivity contribution in [2.75, 3.05) is 0 Å². The van der Waals surface area contributed by atoms with Gasteiger partial charge < -0.3 is 9.53 Å². The number of nitrogens with one attached hydrogen (secondary N) is 1. The first-order chi connectivity index (χ1) is 22.3. The first kappa shape index (κ1) is 35.0. The molecule has 2 atom stereocenters. The predicted molar refractivity (Wildman–Crippen MR) is 195 cm³/mol. The lowest BCUT2D eigenvalue weighted by molar-refractivity contribution is -0.00161. The third kappa shape index (κ3) is 6.99. The second-order valence-electron chi connectivity index (χ2n) is 12.7. The molecule has 0 aliphatic rings. The van der Waals surface area contributed by atoms with E-state index in [-0.39, 0.29) is 14.9 Å². The number of benzene rings is 5. The molecule has 0 amide bonds. The van der Waals surface area contributed by atoms with Gasteiger partial charge in [-0.2, -0.15) is 0 Å². The monoisotopic (exact) mass is 703 g/mol. The molecule has 244 valence electrons. The van der Waals surface area contributed by atoms with Crippen LogP contribution in [0.1, 0.15) is 38.8 Å². The molecular weight excluding hydrogens is 665 g/mol. The summed E-state index contributed by atoms with van der Waals surface area (Å²) in [6.45, 7) is 8.27. The standard InChI is InChI=1S/C38H39Cl2NO4SSi/c1-28(45-47(37(2,3)4,32-21-13-7-14-22-32)33-23-15-8-16-24-33)36(41-46(43,44)35-27-31(39)25-26-34(35)40)38(42,29-17-9-5-10-18-29)30-19-11-6-12-20-30/h5-28,36,41-42H,1-4H3. The van der Waals surface area contributed by atoms with Gasteiger partial charge in [-0.25, -0.2) is 13.1 Å². The molecule has 2 N–H and O–H groups in total. The molecule has 5 rings (SSSR count). The Balaban J connectivity index is 1.77. The van der Waals surface area contributed by atoms with Crippen LogP contribution in [0.15, 0.2) is 144 Å². The second-order valence-corrected chi connectivity index (χ2v) is 19.4. The fraction of sp³-hybridized carbons (Fsp3) is 0.211. The van der Waals surface area contributed by atoms with E-state index in [4.69, 9.17) is 27.6 Å². The smallest absolute Gasteiger partial charge is 0.261 e. The molecule has 0 aromatic heterocycles. The van der Waals surface area contributed by atoms with Gasteiger partial charge >= 0.3 is 0 Å². The van der Waals surface area contributed by atoms with Crippen molar-refractivity contribution in [3.05, 3.63) is 161 Å². The van der Waals surface area contributed by atoms with Crippen molar-refractivity contribution in [2.24, 2.45) is 0 Å². The summed E-state index contributed by atoms with van der Waals surface area (Å²) in [7, 11) is -7.59. The summed E-state index contributed by atoms with van der Waals surface area (Å²) >= 11 is 12.7. The Hall–Kier alpha value is -3.27. The zero-order valence-corrected chi connectivity index (χ0v) is 30.1. The average molecular weight is 705 g/mol. The maximum atomic E-state index is 14.3. The molecule has 47 heavy (non-hydrogen) atoms. The molecule has 5 aromatic rings. The summed E-state index contributed by atoms with van der Waals surface area (Å²) < 4.78 is 39.0. The molecule has 0 saturated heterocycles. The summed E-state index contributed by atoms with van der Waals surface area (Å²) in [6, 6.07) is 41.3. The molecule has 0 saturated carbocycles. The third-order valence-electron chi connectivity index (χ3n) is 8.59. The van der Waals surface area contributed by atoms with E-state index in [1.165, 1.54) is 18.2 Å². The van der Waals surface area contributed by atoms with Crippen LogP contribution in [0.25, 0.3) is 0 Å². The number of hydrogen-bond acceptors (Lipinski definition) is 4. The van der Waals surface area contributed by atoms with Crippen LogP contribution in [0, 0.1) is 0 Å². The fourth-order valence-corrected chi connectivity index (χ4v) is 13.2. The van der Waals surface area contributed by atoms with Gasteiger partial charge in [0, 0.05) is 5.02 Å². The first-order valence-corrected chi connectivity index (χ1v) is 19.5. The van der Waals surface area contributed by atoms with E-state index in [0.717, 1.165) is 10.4 Å².